The fourth-order valence-electron chi connectivity index (χ4n) is 1.40. The molecule has 0 heterocycles. The first-order valence-corrected chi connectivity index (χ1v) is 5.51. The van der Waals surface area contributed by atoms with E-state index in [1.807, 2.05) is 24.3 Å². The Bertz CT molecular complexity index is 338. The molecule has 5 heteroatoms. The maximum atomic E-state index is 10.3. The van der Waals surface area contributed by atoms with Crippen LogP contribution in [0.15, 0.2) is 24.3 Å². The predicted molar refractivity (Wildman–Crippen MR) is 66.5 cm³/mol. The molecule has 0 aliphatic heterocycles. The van der Waals surface area contributed by atoms with Crippen molar-refractivity contribution in [3.63, 3.8) is 0 Å². The highest BCUT2D eigenvalue weighted by atomic mass is 16.5. The molecular formula is C12H18N2O3. The van der Waals surface area contributed by atoms with Gasteiger partial charge in [-0.1, -0.05) is 12.1 Å². The van der Waals surface area contributed by atoms with Crippen LogP contribution in [0.25, 0.3) is 0 Å². The number of hydrogen-bond donors (Lipinski definition) is 3. The topological polar surface area (TPSA) is 70.6 Å². The molecule has 0 aromatic heterocycles. The maximum Gasteiger partial charge on any atom is 0.404 e. The summed E-state index contributed by atoms with van der Waals surface area (Å²) in [5, 5.41) is 14.0. The van der Waals surface area contributed by atoms with Gasteiger partial charge >= 0.3 is 6.09 Å². The first-order valence-electron chi connectivity index (χ1n) is 5.51. The van der Waals surface area contributed by atoms with Crippen LogP contribution in [-0.4, -0.2) is 38.0 Å². The van der Waals surface area contributed by atoms with E-state index in [1.165, 1.54) is 0 Å². The van der Waals surface area contributed by atoms with Crippen LogP contribution < -0.4 is 10.6 Å². The molecule has 1 aromatic rings. The zero-order valence-corrected chi connectivity index (χ0v) is 9.90. The maximum absolute atomic E-state index is 10.3. The number of hydrogen-bond acceptors (Lipinski definition) is 3. The smallest absolute Gasteiger partial charge is 0.404 e. The van der Waals surface area contributed by atoms with Crippen LogP contribution in [0.2, 0.25) is 0 Å². The molecule has 0 atom stereocenters. The Hall–Kier alpha value is -1.75. The van der Waals surface area contributed by atoms with Crippen molar-refractivity contribution >= 4 is 11.8 Å². The average Bonchev–Trinajstić information content (AvgIpc) is 2.31. The number of methoxy groups -OCH3 is 1. The molecule has 1 aromatic carbocycles. The third-order valence-electron chi connectivity index (χ3n) is 2.28. The summed E-state index contributed by atoms with van der Waals surface area (Å²) in [5.41, 5.74) is 2.15. The first kappa shape index (κ1) is 13.3. The standard InChI is InChI=1S/C12H18N2O3/c1-17-9-8-13-11-4-2-10(3-5-11)6-7-14-12(15)16/h2-5,13-14H,6-9H2,1H3,(H,15,16). The van der Waals surface area contributed by atoms with Crippen LogP contribution >= 0.6 is 0 Å². The zero-order chi connectivity index (χ0) is 12.5. The monoisotopic (exact) mass is 238 g/mol. The second kappa shape index (κ2) is 7.51. The van der Waals surface area contributed by atoms with Gasteiger partial charge < -0.3 is 20.5 Å². The quantitative estimate of drug-likeness (QED) is 0.630. The second-order valence-corrected chi connectivity index (χ2v) is 3.60. The molecule has 0 unspecified atom stereocenters. The van der Waals surface area contributed by atoms with Gasteiger partial charge in [-0.25, -0.2) is 4.79 Å². The lowest BCUT2D eigenvalue weighted by Gasteiger charge is -2.07. The minimum Gasteiger partial charge on any atom is -0.465 e. The molecule has 5 nitrogen and oxygen atoms in total. The molecule has 0 saturated heterocycles. The number of ether oxygens (including phenoxy) is 1. The van der Waals surface area contributed by atoms with Crippen molar-refractivity contribution in [1.82, 2.24) is 5.32 Å². The van der Waals surface area contributed by atoms with Crippen molar-refractivity contribution in [2.75, 3.05) is 32.1 Å². The van der Waals surface area contributed by atoms with Crippen molar-refractivity contribution in [2.45, 2.75) is 6.42 Å². The van der Waals surface area contributed by atoms with E-state index in [4.69, 9.17) is 9.84 Å². The molecule has 1 rings (SSSR count). The van der Waals surface area contributed by atoms with Gasteiger partial charge in [0.05, 0.1) is 6.61 Å². The number of nitrogens with one attached hydrogen (secondary N) is 2. The number of anilines is 1. The van der Waals surface area contributed by atoms with Crippen LogP contribution in [0.3, 0.4) is 0 Å². The van der Waals surface area contributed by atoms with Crippen LogP contribution in [0.4, 0.5) is 10.5 Å². The van der Waals surface area contributed by atoms with Crippen molar-refractivity contribution in [1.29, 1.82) is 0 Å². The molecule has 0 fully saturated rings. The minimum atomic E-state index is -0.983. The van der Waals surface area contributed by atoms with Gasteiger partial charge in [-0.05, 0) is 24.1 Å². The van der Waals surface area contributed by atoms with Crippen molar-refractivity contribution in [3.8, 4) is 0 Å². The SMILES string of the molecule is COCCNc1ccc(CCNC(=O)O)cc1. The summed E-state index contributed by atoms with van der Waals surface area (Å²) < 4.78 is 4.94. The molecular weight excluding hydrogens is 220 g/mol. The third kappa shape index (κ3) is 5.77. The fourth-order valence-corrected chi connectivity index (χ4v) is 1.40. The van der Waals surface area contributed by atoms with E-state index in [-0.39, 0.29) is 0 Å². The highest BCUT2D eigenvalue weighted by Gasteiger charge is 1.97. The van der Waals surface area contributed by atoms with Gasteiger partial charge in [0, 0.05) is 25.9 Å². The van der Waals surface area contributed by atoms with Crippen molar-refractivity contribution in [3.05, 3.63) is 29.8 Å². The van der Waals surface area contributed by atoms with Crippen molar-refractivity contribution < 1.29 is 14.6 Å². The lowest BCUT2D eigenvalue weighted by Crippen LogP contribution is -2.23. The Kier molecular flexibility index (Phi) is 5.88. The van der Waals surface area contributed by atoms with E-state index in [9.17, 15) is 4.79 Å². The van der Waals surface area contributed by atoms with Gasteiger partial charge in [-0.2, -0.15) is 0 Å². The number of rotatable bonds is 7. The normalized spacial score (nSPS) is 9.94. The number of carbonyl (C=O) groups is 1. The summed E-state index contributed by atoms with van der Waals surface area (Å²) in [6.45, 7) is 1.88. The van der Waals surface area contributed by atoms with E-state index >= 15 is 0 Å². The lowest BCUT2D eigenvalue weighted by atomic mass is 10.1. The van der Waals surface area contributed by atoms with Crippen LogP contribution in [-0.2, 0) is 11.2 Å². The Labute approximate surface area is 101 Å². The largest absolute Gasteiger partial charge is 0.465 e. The van der Waals surface area contributed by atoms with Gasteiger partial charge in [0.2, 0.25) is 0 Å². The van der Waals surface area contributed by atoms with E-state index in [0.717, 1.165) is 17.8 Å². The molecule has 3 N–H and O–H groups in total. The molecule has 1 amide bonds. The van der Waals surface area contributed by atoms with Crippen molar-refractivity contribution in [2.24, 2.45) is 0 Å². The molecule has 17 heavy (non-hydrogen) atoms. The van der Waals surface area contributed by atoms with Crippen LogP contribution in [0.5, 0.6) is 0 Å². The molecule has 0 aliphatic rings. The number of carboxylic acid groups (broad SMARTS) is 1. The summed E-state index contributed by atoms with van der Waals surface area (Å²) in [6, 6.07) is 7.93. The van der Waals surface area contributed by atoms with Crippen LogP contribution in [0.1, 0.15) is 5.56 Å². The molecule has 0 spiro atoms. The molecule has 94 valence electrons. The van der Waals surface area contributed by atoms with Gasteiger partial charge in [-0.15, -0.1) is 0 Å². The Morgan fingerprint density at radius 1 is 1.29 bits per heavy atom. The van der Waals surface area contributed by atoms with Gasteiger partial charge in [0.25, 0.3) is 0 Å². The van der Waals surface area contributed by atoms with Gasteiger partial charge in [-0.3, -0.25) is 0 Å². The molecule has 0 radical (unpaired) electrons. The average molecular weight is 238 g/mol. The Morgan fingerprint density at radius 3 is 2.59 bits per heavy atom. The van der Waals surface area contributed by atoms with E-state index < -0.39 is 6.09 Å². The third-order valence-corrected chi connectivity index (χ3v) is 2.28. The summed E-state index contributed by atoms with van der Waals surface area (Å²) in [6.07, 6.45) is -0.284. The summed E-state index contributed by atoms with van der Waals surface area (Å²) in [4.78, 5) is 10.3. The fraction of sp³-hybridized carbons (Fsp3) is 0.417. The highest BCUT2D eigenvalue weighted by Crippen LogP contribution is 2.09. The minimum absolute atomic E-state index is 0.436. The zero-order valence-electron chi connectivity index (χ0n) is 9.90. The summed E-state index contributed by atoms with van der Waals surface area (Å²) >= 11 is 0. The Balaban J connectivity index is 2.31. The number of amides is 1. The van der Waals surface area contributed by atoms with Crippen LogP contribution in [0, 0.1) is 0 Å². The second-order valence-electron chi connectivity index (χ2n) is 3.60. The lowest BCUT2D eigenvalue weighted by molar-refractivity contribution is 0.194. The van der Waals surface area contributed by atoms with E-state index in [0.29, 0.717) is 19.6 Å². The summed E-state index contributed by atoms with van der Waals surface area (Å²) in [5.74, 6) is 0. The van der Waals surface area contributed by atoms with Gasteiger partial charge in [0.15, 0.2) is 0 Å². The summed E-state index contributed by atoms with van der Waals surface area (Å²) in [7, 11) is 1.67. The van der Waals surface area contributed by atoms with E-state index in [1.54, 1.807) is 7.11 Å². The Morgan fingerprint density at radius 2 is 2.00 bits per heavy atom. The van der Waals surface area contributed by atoms with Gasteiger partial charge in [0.1, 0.15) is 0 Å². The first-order chi connectivity index (χ1) is 8.22. The predicted octanol–water partition coefficient (Wildman–Crippen LogP) is 1.55. The highest BCUT2D eigenvalue weighted by molar-refractivity contribution is 5.64. The number of benzene rings is 1. The molecule has 0 aliphatic carbocycles. The van der Waals surface area contributed by atoms with E-state index in [2.05, 4.69) is 10.6 Å². The molecule has 0 bridgehead atoms. The molecule has 0 saturated carbocycles.